The minimum absolute atomic E-state index is 0.554. The van der Waals surface area contributed by atoms with Crippen molar-refractivity contribution in [2.75, 3.05) is 5.73 Å². The van der Waals surface area contributed by atoms with Crippen LogP contribution < -0.4 is 5.73 Å². The highest BCUT2D eigenvalue weighted by atomic mass is 16.3. The number of hydrogen-bond acceptors (Lipinski definition) is 4. The maximum Gasteiger partial charge on any atom is 0.228 e. The fourth-order valence-electron chi connectivity index (χ4n) is 1.94. The number of anilines is 1. The van der Waals surface area contributed by atoms with Crippen LogP contribution in [0.1, 0.15) is 12.5 Å². The van der Waals surface area contributed by atoms with Crippen LogP contribution in [-0.4, -0.2) is 9.97 Å². The van der Waals surface area contributed by atoms with Crippen molar-refractivity contribution in [1.29, 1.82) is 0 Å². The van der Waals surface area contributed by atoms with Gasteiger partial charge in [-0.3, -0.25) is 4.98 Å². The standard InChI is InChI=1S/C14H13N3O/c1-2-9-6-11(15)13-12(7-9)17-14(18-13)10-4-3-5-16-8-10/h3-8H,2,15H2,1H3. The molecule has 0 spiro atoms. The normalized spacial score (nSPS) is 10.9. The summed E-state index contributed by atoms with van der Waals surface area (Å²) in [6, 6.07) is 7.70. The molecule has 0 amide bonds. The Morgan fingerprint density at radius 3 is 2.94 bits per heavy atom. The second-order valence-electron chi connectivity index (χ2n) is 4.15. The molecule has 3 aromatic rings. The van der Waals surface area contributed by atoms with Gasteiger partial charge in [0, 0.05) is 12.4 Å². The number of nitrogens with zero attached hydrogens (tertiary/aromatic N) is 2. The fourth-order valence-corrected chi connectivity index (χ4v) is 1.94. The lowest BCUT2D eigenvalue weighted by Crippen LogP contribution is -1.88. The molecule has 0 unspecified atom stereocenters. The van der Waals surface area contributed by atoms with Crippen LogP contribution in [0, 0.1) is 0 Å². The molecule has 4 heteroatoms. The van der Waals surface area contributed by atoms with Crippen molar-refractivity contribution in [3.8, 4) is 11.5 Å². The second-order valence-corrected chi connectivity index (χ2v) is 4.15. The van der Waals surface area contributed by atoms with E-state index in [9.17, 15) is 0 Å². The van der Waals surface area contributed by atoms with E-state index in [1.165, 1.54) is 0 Å². The number of rotatable bonds is 2. The van der Waals surface area contributed by atoms with E-state index in [2.05, 4.69) is 16.9 Å². The summed E-state index contributed by atoms with van der Waals surface area (Å²) >= 11 is 0. The van der Waals surface area contributed by atoms with Crippen molar-refractivity contribution in [3.05, 3.63) is 42.2 Å². The highest BCUT2D eigenvalue weighted by molar-refractivity contribution is 5.87. The topological polar surface area (TPSA) is 64.9 Å². The van der Waals surface area contributed by atoms with Crippen LogP contribution in [0.4, 0.5) is 5.69 Å². The van der Waals surface area contributed by atoms with Crippen molar-refractivity contribution in [3.63, 3.8) is 0 Å². The molecule has 0 saturated carbocycles. The quantitative estimate of drug-likeness (QED) is 0.698. The smallest absolute Gasteiger partial charge is 0.228 e. The van der Waals surface area contributed by atoms with Crippen LogP contribution in [0.25, 0.3) is 22.6 Å². The lowest BCUT2D eigenvalue weighted by molar-refractivity contribution is 0.620. The van der Waals surface area contributed by atoms with Gasteiger partial charge >= 0.3 is 0 Å². The average Bonchev–Trinajstić information content (AvgIpc) is 2.84. The van der Waals surface area contributed by atoms with Crippen molar-refractivity contribution in [1.82, 2.24) is 9.97 Å². The van der Waals surface area contributed by atoms with Crippen molar-refractivity contribution < 1.29 is 4.42 Å². The molecule has 3 rings (SSSR count). The summed E-state index contributed by atoms with van der Waals surface area (Å²) in [5, 5.41) is 0. The zero-order chi connectivity index (χ0) is 12.5. The monoisotopic (exact) mass is 239 g/mol. The summed E-state index contributed by atoms with van der Waals surface area (Å²) in [6.45, 7) is 2.09. The van der Waals surface area contributed by atoms with Gasteiger partial charge in [0.15, 0.2) is 5.58 Å². The third-order valence-corrected chi connectivity index (χ3v) is 2.90. The summed E-state index contributed by atoms with van der Waals surface area (Å²) in [6.07, 6.45) is 4.37. The number of benzene rings is 1. The molecule has 0 aliphatic rings. The number of aryl methyl sites for hydroxylation is 1. The van der Waals surface area contributed by atoms with Gasteiger partial charge in [-0.15, -0.1) is 0 Å². The highest BCUT2D eigenvalue weighted by Gasteiger charge is 2.11. The molecule has 4 nitrogen and oxygen atoms in total. The van der Waals surface area contributed by atoms with Crippen LogP contribution in [0.2, 0.25) is 0 Å². The zero-order valence-corrected chi connectivity index (χ0v) is 10.1. The molecule has 0 atom stereocenters. The van der Waals surface area contributed by atoms with Crippen molar-refractivity contribution in [2.45, 2.75) is 13.3 Å². The number of pyridine rings is 1. The number of nitrogen functional groups attached to an aromatic ring is 1. The minimum atomic E-state index is 0.554. The van der Waals surface area contributed by atoms with Crippen LogP contribution in [0.15, 0.2) is 41.1 Å². The Bertz CT molecular complexity index is 689. The highest BCUT2D eigenvalue weighted by Crippen LogP contribution is 2.28. The van der Waals surface area contributed by atoms with E-state index in [1.54, 1.807) is 12.4 Å². The molecular weight excluding hydrogens is 226 g/mol. The van der Waals surface area contributed by atoms with E-state index < -0.39 is 0 Å². The molecule has 2 N–H and O–H groups in total. The van der Waals surface area contributed by atoms with E-state index in [-0.39, 0.29) is 0 Å². The van der Waals surface area contributed by atoms with Gasteiger partial charge in [0.2, 0.25) is 5.89 Å². The lowest BCUT2D eigenvalue weighted by Gasteiger charge is -1.98. The van der Waals surface area contributed by atoms with Gasteiger partial charge in [-0.25, -0.2) is 4.98 Å². The Hall–Kier alpha value is -2.36. The number of hydrogen-bond donors (Lipinski definition) is 1. The predicted molar refractivity (Wildman–Crippen MR) is 71.0 cm³/mol. The van der Waals surface area contributed by atoms with Crippen molar-refractivity contribution >= 4 is 16.8 Å². The average molecular weight is 239 g/mol. The molecule has 2 aromatic heterocycles. The van der Waals surface area contributed by atoms with Gasteiger partial charge < -0.3 is 10.2 Å². The third kappa shape index (κ3) is 1.72. The second kappa shape index (κ2) is 4.14. The first-order chi connectivity index (χ1) is 8.78. The zero-order valence-electron chi connectivity index (χ0n) is 10.1. The summed E-state index contributed by atoms with van der Waals surface area (Å²) in [4.78, 5) is 8.52. The molecule has 18 heavy (non-hydrogen) atoms. The van der Waals surface area contributed by atoms with Gasteiger partial charge in [-0.2, -0.15) is 0 Å². The first-order valence-electron chi connectivity index (χ1n) is 5.87. The Labute approximate surface area is 104 Å². The Kier molecular flexibility index (Phi) is 2.48. The predicted octanol–water partition coefficient (Wildman–Crippen LogP) is 3.03. The van der Waals surface area contributed by atoms with Gasteiger partial charge in [0.05, 0.1) is 11.3 Å². The summed E-state index contributed by atoms with van der Waals surface area (Å²) in [7, 11) is 0. The largest absolute Gasteiger partial charge is 0.434 e. The van der Waals surface area contributed by atoms with E-state index in [0.29, 0.717) is 17.2 Å². The van der Waals surface area contributed by atoms with Crippen LogP contribution in [-0.2, 0) is 6.42 Å². The third-order valence-electron chi connectivity index (χ3n) is 2.90. The van der Waals surface area contributed by atoms with Crippen molar-refractivity contribution in [2.24, 2.45) is 0 Å². The van der Waals surface area contributed by atoms with Gasteiger partial charge in [0.1, 0.15) is 5.52 Å². The number of oxazole rings is 1. The van der Waals surface area contributed by atoms with Crippen LogP contribution >= 0.6 is 0 Å². The van der Waals surface area contributed by atoms with Gasteiger partial charge in [-0.05, 0) is 36.2 Å². The van der Waals surface area contributed by atoms with E-state index in [0.717, 1.165) is 23.1 Å². The minimum Gasteiger partial charge on any atom is -0.434 e. The van der Waals surface area contributed by atoms with Gasteiger partial charge in [0.25, 0.3) is 0 Å². The van der Waals surface area contributed by atoms with Gasteiger partial charge in [-0.1, -0.05) is 6.92 Å². The van der Waals surface area contributed by atoms with E-state index >= 15 is 0 Å². The Morgan fingerprint density at radius 1 is 1.33 bits per heavy atom. The first kappa shape index (κ1) is 10.8. The molecule has 0 aliphatic heterocycles. The van der Waals surface area contributed by atoms with Crippen LogP contribution in [0.5, 0.6) is 0 Å². The molecule has 0 aliphatic carbocycles. The SMILES string of the molecule is CCc1cc(N)c2oc(-c3cccnc3)nc2c1. The maximum absolute atomic E-state index is 5.97. The number of fused-ring (bicyclic) bond motifs is 1. The number of aromatic nitrogens is 2. The first-order valence-corrected chi connectivity index (χ1v) is 5.87. The molecule has 0 bridgehead atoms. The summed E-state index contributed by atoms with van der Waals surface area (Å²) in [5.41, 5.74) is 10.1. The summed E-state index contributed by atoms with van der Waals surface area (Å²) in [5.74, 6) is 0.554. The Morgan fingerprint density at radius 2 is 2.22 bits per heavy atom. The molecule has 2 heterocycles. The molecular formula is C14H13N3O. The molecule has 90 valence electrons. The fraction of sp³-hybridized carbons (Fsp3) is 0.143. The number of nitrogens with two attached hydrogens (primary N) is 1. The molecule has 0 fully saturated rings. The molecule has 0 saturated heterocycles. The Balaban J connectivity index is 2.20. The summed E-state index contributed by atoms with van der Waals surface area (Å²) < 4.78 is 5.71. The lowest BCUT2D eigenvalue weighted by atomic mass is 10.1. The van der Waals surface area contributed by atoms with Crippen LogP contribution in [0.3, 0.4) is 0 Å². The van der Waals surface area contributed by atoms with E-state index in [4.69, 9.17) is 10.2 Å². The van der Waals surface area contributed by atoms with E-state index in [1.807, 2.05) is 24.3 Å². The molecule has 1 aromatic carbocycles. The maximum atomic E-state index is 5.97. The molecule has 0 radical (unpaired) electrons.